The summed E-state index contributed by atoms with van der Waals surface area (Å²) in [6.45, 7) is 12.4. The van der Waals surface area contributed by atoms with Crippen LogP contribution in [0.15, 0.2) is 40.9 Å². The number of Topliss-reactive ketones (excluding diaryl/α,β-unsaturated/α-hetero) is 2. The average molecular weight is 524 g/mol. The largest absolute Gasteiger partial charge is 0.490 e. The van der Waals surface area contributed by atoms with Crippen LogP contribution in [0, 0.1) is 10.8 Å². The first-order valence-corrected chi connectivity index (χ1v) is 13.5. The third kappa shape index (κ3) is 5.10. The highest BCUT2D eigenvalue weighted by molar-refractivity contribution is 6.06. The van der Waals surface area contributed by atoms with Gasteiger partial charge in [-0.05, 0) is 35.4 Å². The fourth-order valence-corrected chi connectivity index (χ4v) is 5.97. The minimum absolute atomic E-state index is 0.00575. The lowest BCUT2D eigenvalue weighted by atomic mass is 9.65. The van der Waals surface area contributed by atoms with Crippen molar-refractivity contribution in [3.8, 4) is 11.5 Å². The minimum Gasteiger partial charge on any atom is -0.490 e. The van der Waals surface area contributed by atoms with E-state index < -0.39 is 12.0 Å². The predicted molar refractivity (Wildman–Crippen MR) is 140 cm³/mol. The molecule has 0 radical (unpaired) electrons. The van der Waals surface area contributed by atoms with Gasteiger partial charge in [0.25, 0.3) is 0 Å². The van der Waals surface area contributed by atoms with E-state index in [1.807, 2.05) is 13.0 Å². The molecule has 2 aliphatic heterocycles. The number of nitrogens with zero attached hydrogens (tertiary/aromatic N) is 1. The van der Waals surface area contributed by atoms with E-state index in [9.17, 15) is 14.4 Å². The van der Waals surface area contributed by atoms with E-state index in [0.29, 0.717) is 92.8 Å². The number of morpholine rings is 1. The number of allylic oxidation sites excluding steroid dienone is 4. The SMILES string of the molecule is CCOc1cc(C2C3=C(CC(C)(C)CC3=O)OC3=C2C(=O)CC(C)(C)C3)ccc1OC(=O)N1CCOCC1. The molecule has 1 aromatic rings. The summed E-state index contributed by atoms with van der Waals surface area (Å²) in [4.78, 5) is 41.5. The molecule has 1 amide bonds. The maximum atomic E-state index is 13.5. The Bertz CT molecular complexity index is 1180. The number of rotatable bonds is 4. The first-order chi connectivity index (χ1) is 18.0. The average Bonchev–Trinajstić information content (AvgIpc) is 2.83. The van der Waals surface area contributed by atoms with Gasteiger partial charge in [-0.1, -0.05) is 33.8 Å². The molecule has 0 saturated carbocycles. The maximum Gasteiger partial charge on any atom is 0.415 e. The van der Waals surface area contributed by atoms with E-state index in [1.54, 1.807) is 17.0 Å². The highest BCUT2D eigenvalue weighted by Crippen LogP contribution is 2.53. The van der Waals surface area contributed by atoms with Gasteiger partial charge in [0.1, 0.15) is 11.5 Å². The van der Waals surface area contributed by atoms with Crippen molar-refractivity contribution in [2.45, 2.75) is 66.2 Å². The summed E-state index contributed by atoms with van der Waals surface area (Å²) in [5.41, 5.74) is 1.44. The van der Waals surface area contributed by atoms with E-state index in [0.717, 1.165) is 5.56 Å². The Morgan fingerprint density at radius 3 is 2.05 bits per heavy atom. The molecule has 1 saturated heterocycles. The lowest BCUT2D eigenvalue weighted by Crippen LogP contribution is -2.42. The number of carbonyl (C=O) groups is 3. The fraction of sp³-hybridized carbons (Fsp3) is 0.567. The Labute approximate surface area is 223 Å². The molecule has 0 atom stereocenters. The van der Waals surface area contributed by atoms with Gasteiger partial charge < -0.3 is 23.8 Å². The molecular weight excluding hydrogens is 486 g/mol. The summed E-state index contributed by atoms with van der Waals surface area (Å²) in [6.07, 6.45) is 1.58. The third-order valence-corrected chi connectivity index (χ3v) is 7.65. The highest BCUT2D eigenvalue weighted by Gasteiger charge is 2.48. The van der Waals surface area contributed by atoms with Crippen LogP contribution in [0.1, 0.15) is 71.8 Å². The lowest BCUT2D eigenvalue weighted by molar-refractivity contribution is -0.120. The molecule has 38 heavy (non-hydrogen) atoms. The fourth-order valence-electron chi connectivity index (χ4n) is 5.97. The molecule has 8 nitrogen and oxygen atoms in total. The van der Waals surface area contributed by atoms with Gasteiger partial charge >= 0.3 is 6.09 Å². The summed E-state index contributed by atoms with van der Waals surface area (Å²) in [6, 6.07) is 5.33. The summed E-state index contributed by atoms with van der Waals surface area (Å²) in [5, 5.41) is 0. The van der Waals surface area contributed by atoms with Crippen molar-refractivity contribution in [1.29, 1.82) is 0 Å². The Morgan fingerprint density at radius 1 is 0.921 bits per heavy atom. The van der Waals surface area contributed by atoms with Crippen LogP contribution in [0.4, 0.5) is 4.79 Å². The minimum atomic E-state index is -0.538. The second kappa shape index (κ2) is 9.88. The third-order valence-electron chi connectivity index (χ3n) is 7.65. The van der Waals surface area contributed by atoms with Gasteiger partial charge in [-0.15, -0.1) is 0 Å². The Morgan fingerprint density at radius 2 is 1.50 bits per heavy atom. The lowest BCUT2D eigenvalue weighted by Gasteiger charge is -2.42. The van der Waals surface area contributed by atoms with Gasteiger partial charge in [-0.3, -0.25) is 9.59 Å². The van der Waals surface area contributed by atoms with Gasteiger partial charge in [-0.25, -0.2) is 4.79 Å². The molecule has 2 aliphatic carbocycles. The topological polar surface area (TPSA) is 91.4 Å². The van der Waals surface area contributed by atoms with Crippen LogP contribution in [0.25, 0.3) is 0 Å². The Kier molecular flexibility index (Phi) is 6.88. The zero-order chi connectivity index (χ0) is 27.2. The molecule has 0 N–H and O–H groups in total. The van der Waals surface area contributed by atoms with Crippen LogP contribution < -0.4 is 9.47 Å². The standard InChI is InChI=1S/C30H37NO7/c1-6-36-22-13-18(7-8-21(22)38-28(34)31-9-11-35-12-10-31)25-26-19(32)14-29(2,3)16-23(26)37-24-17-30(4,5)15-20(33)27(24)25/h7-8,13,25H,6,9-12,14-17H2,1-5H3. The summed E-state index contributed by atoms with van der Waals surface area (Å²) in [7, 11) is 0. The second-order valence-corrected chi connectivity index (χ2v) is 12.2. The van der Waals surface area contributed by atoms with Crippen LogP contribution in [0.5, 0.6) is 11.5 Å². The molecule has 0 unspecified atom stereocenters. The number of amides is 1. The van der Waals surface area contributed by atoms with Crippen LogP contribution >= 0.6 is 0 Å². The van der Waals surface area contributed by atoms with Crippen molar-refractivity contribution < 1.29 is 33.3 Å². The molecule has 0 spiro atoms. The monoisotopic (exact) mass is 523 g/mol. The van der Waals surface area contributed by atoms with Crippen molar-refractivity contribution in [1.82, 2.24) is 4.90 Å². The molecule has 1 fully saturated rings. The van der Waals surface area contributed by atoms with E-state index in [2.05, 4.69) is 27.7 Å². The summed E-state index contributed by atoms with van der Waals surface area (Å²) < 4.78 is 23.3. The Balaban J connectivity index is 1.56. The van der Waals surface area contributed by atoms with Crippen molar-refractivity contribution in [3.63, 3.8) is 0 Å². The maximum absolute atomic E-state index is 13.5. The number of ether oxygens (including phenoxy) is 4. The predicted octanol–water partition coefficient (Wildman–Crippen LogP) is 5.32. The molecule has 0 bridgehead atoms. The number of hydrogen-bond acceptors (Lipinski definition) is 7. The molecule has 1 aromatic carbocycles. The van der Waals surface area contributed by atoms with Crippen molar-refractivity contribution >= 4 is 17.7 Å². The van der Waals surface area contributed by atoms with Gasteiger partial charge in [0.15, 0.2) is 23.1 Å². The molecule has 0 aromatic heterocycles. The van der Waals surface area contributed by atoms with E-state index >= 15 is 0 Å². The van der Waals surface area contributed by atoms with Gasteiger partial charge in [0.2, 0.25) is 0 Å². The van der Waals surface area contributed by atoms with E-state index in [1.165, 1.54) is 0 Å². The summed E-state index contributed by atoms with van der Waals surface area (Å²) in [5.74, 6) is 1.51. The molecular formula is C30H37NO7. The number of hydrogen-bond donors (Lipinski definition) is 0. The molecule has 8 heteroatoms. The van der Waals surface area contributed by atoms with Crippen LogP contribution in [0.2, 0.25) is 0 Å². The number of benzene rings is 1. The Hall–Kier alpha value is -3.13. The van der Waals surface area contributed by atoms with Crippen molar-refractivity contribution in [2.24, 2.45) is 10.8 Å². The first-order valence-electron chi connectivity index (χ1n) is 13.5. The normalized spacial score (nSPS) is 23.0. The van der Waals surface area contributed by atoms with E-state index in [-0.39, 0.29) is 22.4 Å². The van der Waals surface area contributed by atoms with Crippen LogP contribution in [-0.4, -0.2) is 55.5 Å². The smallest absolute Gasteiger partial charge is 0.415 e. The highest BCUT2D eigenvalue weighted by atomic mass is 16.6. The van der Waals surface area contributed by atoms with Gasteiger partial charge in [-0.2, -0.15) is 0 Å². The van der Waals surface area contributed by atoms with Gasteiger partial charge in [0.05, 0.1) is 19.8 Å². The van der Waals surface area contributed by atoms with Crippen molar-refractivity contribution in [3.05, 3.63) is 46.4 Å². The second-order valence-electron chi connectivity index (χ2n) is 12.2. The molecule has 204 valence electrons. The zero-order valence-corrected chi connectivity index (χ0v) is 23.0. The summed E-state index contributed by atoms with van der Waals surface area (Å²) >= 11 is 0. The number of ketones is 2. The van der Waals surface area contributed by atoms with Crippen LogP contribution in [-0.2, 0) is 19.1 Å². The van der Waals surface area contributed by atoms with Gasteiger partial charge in [0, 0.05) is 55.8 Å². The quantitative estimate of drug-likeness (QED) is 0.528. The molecule has 2 heterocycles. The first kappa shape index (κ1) is 26.5. The zero-order valence-electron chi connectivity index (χ0n) is 23.0. The van der Waals surface area contributed by atoms with Crippen molar-refractivity contribution in [2.75, 3.05) is 32.9 Å². The van der Waals surface area contributed by atoms with Crippen LogP contribution in [0.3, 0.4) is 0 Å². The molecule has 5 rings (SSSR count). The van der Waals surface area contributed by atoms with E-state index in [4.69, 9.17) is 18.9 Å². The molecule has 4 aliphatic rings. The number of carbonyl (C=O) groups excluding carboxylic acids is 3.